The number of para-hydroxylation sites is 1. The smallest absolute Gasteiger partial charge is 0.0798 e. The Kier molecular flexibility index (Phi) is 4.16. The SMILES string of the molecule is CCNC(CC1CCC1)c1ccn(-c2ccccc2)n1. The number of nitrogens with one attached hydrogen (secondary N) is 1. The molecule has 0 radical (unpaired) electrons. The molecular formula is C17H23N3. The predicted molar refractivity (Wildman–Crippen MR) is 81.9 cm³/mol. The van der Waals surface area contributed by atoms with E-state index >= 15 is 0 Å². The third-order valence-corrected chi connectivity index (χ3v) is 4.23. The van der Waals surface area contributed by atoms with E-state index in [1.807, 2.05) is 22.9 Å². The lowest BCUT2D eigenvalue weighted by molar-refractivity contribution is 0.260. The van der Waals surface area contributed by atoms with Gasteiger partial charge in [-0.05, 0) is 37.1 Å². The normalized spacial score (nSPS) is 16.9. The monoisotopic (exact) mass is 269 g/mol. The zero-order valence-electron chi connectivity index (χ0n) is 12.1. The Balaban J connectivity index is 1.75. The molecule has 0 amide bonds. The maximum Gasteiger partial charge on any atom is 0.0798 e. The number of hydrogen-bond acceptors (Lipinski definition) is 2. The van der Waals surface area contributed by atoms with E-state index in [-0.39, 0.29) is 0 Å². The fourth-order valence-corrected chi connectivity index (χ4v) is 2.87. The van der Waals surface area contributed by atoms with Crippen molar-refractivity contribution in [1.29, 1.82) is 0 Å². The first-order chi connectivity index (χ1) is 9.86. The van der Waals surface area contributed by atoms with Crippen LogP contribution >= 0.6 is 0 Å². The van der Waals surface area contributed by atoms with Crippen LogP contribution in [0.25, 0.3) is 5.69 Å². The average Bonchev–Trinajstić information content (AvgIpc) is 2.92. The van der Waals surface area contributed by atoms with Gasteiger partial charge in [0.25, 0.3) is 0 Å². The molecule has 1 aromatic carbocycles. The molecular weight excluding hydrogens is 246 g/mol. The van der Waals surface area contributed by atoms with Gasteiger partial charge in [0.05, 0.1) is 17.4 Å². The van der Waals surface area contributed by atoms with Crippen LogP contribution in [0.4, 0.5) is 0 Å². The van der Waals surface area contributed by atoms with E-state index in [0.717, 1.165) is 18.2 Å². The second-order valence-corrected chi connectivity index (χ2v) is 5.66. The molecule has 0 spiro atoms. The van der Waals surface area contributed by atoms with Gasteiger partial charge in [0.15, 0.2) is 0 Å². The van der Waals surface area contributed by atoms with Crippen molar-refractivity contribution >= 4 is 0 Å². The Morgan fingerprint density at radius 3 is 2.70 bits per heavy atom. The zero-order valence-corrected chi connectivity index (χ0v) is 12.1. The molecule has 1 N–H and O–H groups in total. The summed E-state index contributed by atoms with van der Waals surface area (Å²) in [5, 5.41) is 8.35. The molecule has 1 heterocycles. The number of benzene rings is 1. The molecule has 1 fully saturated rings. The topological polar surface area (TPSA) is 29.9 Å². The van der Waals surface area contributed by atoms with Gasteiger partial charge < -0.3 is 5.32 Å². The summed E-state index contributed by atoms with van der Waals surface area (Å²) in [6.07, 6.45) is 7.47. The minimum absolute atomic E-state index is 0.398. The number of aromatic nitrogens is 2. The Bertz CT molecular complexity index is 528. The van der Waals surface area contributed by atoms with Crippen LogP contribution in [0.1, 0.15) is 44.3 Å². The molecule has 20 heavy (non-hydrogen) atoms. The van der Waals surface area contributed by atoms with E-state index < -0.39 is 0 Å². The van der Waals surface area contributed by atoms with E-state index in [2.05, 4.69) is 36.6 Å². The van der Waals surface area contributed by atoms with Gasteiger partial charge in [-0.15, -0.1) is 0 Å². The highest BCUT2D eigenvalue weighted by atomic mass is 15.3. The maximum atomic E-state index is 4.77. The molecule has 1 aliphatic rings. The number of hydrogen-bond donors (Lipinski definition) is 1. The van der Waals surface area contributed by atoms with Crippen LogP contribution in [0.2, 0.25) is 0 Å². The standard InChI is InChI=1S/C17H23N3/c1-2-18-17(13-14-7-6-8-14)16-11-12-20(19-16)15-9-4-3-5-10-15/h3-5,9-12,14,17-18H,2,6-8,13H2,1H3. The number of nitrogens with zero attached hydrogens (tertiary/aromatic N) is 2. The molecule has 1 aliphatic carbocycles. The lowest BCUT2D eigenvalue weighted by atomic mass is 9.80. The predicted octanol–water partition coefficient (Wildman–Crippen LogP) is 3.71. The van der Waals surface area contributed by atoms with Crippen molar-refractivity contribution < 1.29 is 0 Å². The first-order valence-corrected chi connectivity index (χ1v) is 7.71. The second kappa shape index (κ2) is 6.23. The first kappa shape index (κ1) is 13.4. The zero-order chi connectivity index (χ0) is 13.8. The molecule has 0 bridgehead atoms. The molecule has 3 rings (SSSR count). The van der Waals surface area contributed by atoms with Gasteiger partial charge in [-0.3, -0.25) is 0 Å². The lowest BCUT2D eigenvalue weighted by Gasteiger charge is -2.29. The van der Waals surface area contributed by atoms with Crippen molar-refractivity contribution in [2.75, 3.05) is 6.54 Å². The summed E-state index contributed by atoms with van der Waals surface area (Å²) in [6, 6.07) is 12.9. The molecule has 0 aliphatic heterocycles. The fraction of sp³-hybridized carbons (Fsp3) is 0.471. The van der Waals surface area contributed by atoms with Crippen molar-refractivity contribution in [3.63, 3.8) is 0 Å². The van der Waals surface area contributed by atoms with Crippen molar-refractivity contribution in [2.45, 2.75) is 38.6 Å². The Labute approximate surface area is 121 Å². The highest BCUT2D eigenvalue weighted by Crippen LogP contribution is 2.34. The van der Waals surface area contributed by atoms with Gasteiger partial charge in [-0.1, -0.05) is 44.4 Å². The quantitative estimate of drug-likeness (QED) is 0.866. The Hall–Kier alpha value is -1.61. The van der Waals surface area contributed by atoms with E-state index in [1.54, 1.807) is 0 Å². The Morgan fingerprint density at radius 1 is 1.25 bits per heavy atom. The van der Waals surface area contributed by atoms with E-state index in [9.17, 15) is 0 Å². The summed E-state index contributed by atoms with van der Waals surface area (Å²) in [4.78, 5) is 0. The number of rotatable bonds is 6. The van der Waals surface area contributed by atoms with Gasteiger partial charge in [-0.2, -0.15) is 5.10 Å². The van der Waals surface area contributed by atoms with Crippen LogP contribution in [-0.4, -0.2) is 16.3 Å². The van der Waals surface area contributed by atoms with Gasteiger partial charge in [-0.25, -0.2) is 4.68 Å². The van der Waals surface area contributed by atoms with Gasteiger partial charge >= 0.3 is 0 Å². The van der Waals surface area contributed by atoms with Crippen LogP contribution in [0.5, 0.6) is 0 Å². The average molecular weight is 269 g/mol. The highest BCUT2D eigenvalue weighted by molar-refractivity contribution is 5.30. The molecule has 106 valence electrons. The fourth-order valence-electron chi connectivity index (χ4n) is 2.87. The summed E-state index contributed by atoms with van der Waals surface area (Å²) in [5.41, 5.74) is 2.29. The van der Waals surface area contributed by atoms with Gasteiger partial charge in [0.1, 0.15) is 0 Å². The molecule has 1 saturated carbocycles. The van der Waals surface area contributed by atoms with Crippen LogP contribution in [0, 0.1) is 5.92 Å². The third-order valence-electron chi connectivity index (χ3n) is 4.23. The molecule has 3 heteroatoms. The summed E-state index contributed by atoms with van der Waals surface area (Å²) >= 11 is 0. The first-order valence-electron chi connectivity index (χ1n) is 7.71. The minimum Gasteiger partial charge on any atom is -0.309 e. The van der Waals surface area contributed by atoms with Crippen LogP contribution < -0.4 is 5.32 Å². The molecule has 1 atom stereocenters. The van der Waals surface area contributed by atoms with Crippen molar-refractivity contribution in [2.24, 2.45) is 5.92 Å². The van der Waals surface area contributed by atoms with Crippen molar-refractivity contribution in [3.8, 4) is 5.69 Å². The van der Waals surface area contributed by atoms with E-state index in [1.165, 1.54) is 31.4 Å². The van der Waals surface area contributed by atoms with Crippen LogP contribution in [0.3, 0.4) is 0 Å². The van der Waals surface area contributed by atoms with Gasteiger partial charge in [0.2, 0.25) is 0 Å². The lowest BCUT2D eigenvalue weighted by Crippen LogP contribution is -2.26. The minimum atomic E-state index is 0.398. The van der Waals surface area contributed by atoms with Gasteiger partial charge in [0, 0.05) is 6.20 Å². The molecule has 3 nitrogen and oxygen atoms in total. The van der Waals surface area contributed by atoms with E-state index in [4.69, 9.17) is 5.10 Å². The maximum absolute atomic E-state index is 4.77. The molecule has 1 aromatic heterocycles. The Morgan fingerprint density at radius 2 is 2.05 bits per heavy atom. The molecule has 1 unspecified atom stereocenters. The molecule has 0 saturated heterocycles. The molecule has 2 aromatic rings. The summed E-state index contributed by atoms with van der Waals surface area (Å²) in [5.74, 6) is 0.890. The van der Waals surface area contributed by atoms with Crippen LogP contribution in [0.15, 0.2) is 42.6 Å². The second-order valence-electron chi connectivity index (χ2n) is 5.66. The van der Waals surface area contributed by atoms with E-state index in [0.29, 0.717) is 6.04 Å². The van der Waals surface area contributed by atoms with Crippen molar-refractivity contribution in [3.05, 3.63) is 48.3 Å². The summed E-state index contributed by atoms with van der Waals surface area (Å²) < 4.78 is 1.97. The van der Waals surface area contributed by atoms with Crippen LogP contribution in [-0.2, 0) is 0 Å². The third kappa shape index (κ3) is 2.93. The summed E-state index contributed by atoms with van der Waals surface area (Å²) in [7, 11) is 0. The summed E-state index contributed by atoms with van der Waals surface area (Å²) in [6.45, 7) is 3.16. The largest absolute Gasteiger partial charge is 0.309 e. The van der Waals surface area contributed by atoms with Crippen molar-refractivity contribution in [1.82, 2.24) is 15.1 Å². The highest BCUT2D eigenvalue weighted by Gasteiger charge is 2.23.